The van der Waals surface area contributed by atoms with Gasteiger partial charge >= 0.3 is 0 Å². The van der Waals surface area contributed by atoms with Crippen molar-refractivity contribution in [3.05, 3.63) is 29.3 Å². The third kappa shape index (κ3) is 2.59. The van der Waals surface area contributed by atoms with Gasteiger partial charge in [-0.25, -0.2) is 0 Å². The Labute approximate surface area is 84.6 Å². The van der Waals surface area contributed by atoms with Gasteiger partial charge in [0, 0.05) is 0 Å². The molecule has 1 aromatic carbocycles. The molecule has 0 fully saturated rings. The second kappa shape index (κ2) is 4.80. The van der Waals surface area contributed by atoms with Crippen molar-refractivity contribution in [2.24, 2.45) is 0 Å². The van der Waals surface area contributed by atoms with E-state index in [1.165, 1.54) is 6.92 Å². The van der Waals surface area contributed by atoms with E-state index in [9.17, 15) is 9.90 Å². The first-order chi connectivity index (χ1) is 6.65. The van der Waals surface area contributed by atoms with E-state index >= 15 is 0 Å². The Balaban J connectivity index is 2.89. The second-order valence-electron chi connectivity index (χ2n) is 3.51. The summed E-state index contributed by atoms with van der Waals surface area (Å²) >= 11 is 0. The van der Waals surface area contributed by atoms with Gasteiger partial charge in [0.2, 0.25) is 0 Å². The van der Waals surface area contributed by atoms with Gasteiger partial charge in [0.15, 0.2) is 5.78 Å². The first kappa shape index (κ1) is 10.8. The number of ketones is 1. The average Bonchev–Trinajstić information content (AvgIpc) is 2.16. The molecule has 0 atom stereocenters. The van der Waals surface area contributed by atoms with Crippen molar-refractivity contribution in [1.29, 1.82) is 0 Å². The number of carbonyl (C=O) groups is 1. The van der Waals surface area contributed by atoms with Crippen LogP contribution < -0.4 is 0 Å². The van der Waals surface area contributed by atoms with Crippen LogP contribution in [-0.2, 0) is 6.42 Å². The van der Waals surface area contributed by atoms with E-state index in [1.54, 1.807) is 12.1 Å². The molecule has 2 heteroatoms. The van der Waals surface area contributed by atoms with E-state index in [0.717, 1.165) is 24.8 Å². The van der Waals surface area contributed by atoms with Crippen molar-refractivity contribution in [3.63, 3.8) is 0 Å². The molecule has 0 aliphatic rings. The maximum atomic E-state index is 11.1. The fraction of sp³-hybridized carbons (Fsp3) is 0.417. The quantitative estimate of drug-likeness (QED) is 0.745. The first-order valence-electron chi connectivity index (χ1n) is 4.98. The van der Waals surface area contributed by atoms with Gasteiger partial charge in [-0.05, 0) is 37.5 Å². The van der Waals surface area contributed by atoms with E-state index in [1.807, 2.05) is 6.07 Å². The molecule has 0 aromatic heterocycles. The number of Topliss-reactive ketones (excluding diaryl/α,β-unsaturated/α-hetero) is 1. The molecule has 0 saturated carbocycles. The topological polar surface area (TPSA) is 37.3 Å². The van der Waals surface area contributed by atoms with Gasteiger partial charge in [0.25, 0.3) is 0 Å². The van der Waals surface area contributed by atoms with Crippen LogP contribution in [0.5, 0.6) is 5.75 Å². The average molecular weight is 192 g/mol. The van der Waals surface area contributed by atoms with Crippen molar-refractivity contribution in [3.8, 4) is 5.75 Å². The van der Waals surface area contributed by atoms with Crippen molar-refractivity contribution in [2.75, 3.05) is 0 Å². The van der Waals surface area contributed by atoms with Crippen molar-refractivity contribution >= 4 is 5.78 Å². The number of hydrogen-bond donors (Lipinski definition) is 1. The summed E-state index contributed by atoms with van der Waals surface area (Å²) in [5, 5.41) is 9.41. The van der Waals surface area contributed by atoms with Crippen LogP contribution in [0.15, 0.2) is 18.2 Å². The number of aryl methyl sites for hydroxylation is 1. The fourth-order valence-electron chi connectivity index (χ4n) is 1.40. The first-order valence-corrected chi connectivity index (χ1v) is 4.98. The molecule has 0 spiro atoms. The van der Waals surface area contributed by atoms with Gasteiger partial charge in [0.05, 0.1) is 5.56 Å². The maximum Gasteiger partial charge on any atom is 0.163 e. The zero-order valence-electron chi connectivity index (χ0n) is 8.71. The molecule has 76 valence electrons. The number of unbranched alkanes of at least 4 members (excludes halogenated alkanes) is 1. The van der Waals surface area contributed by atoms with Crippen molar-refractivity contribution < 1.29 is 9.90 Å². The van der Waals surface area contributed by atoms with Crippen LogP contribution in [0, 0.1) is 0 Å². The Kier molecular flexibility index (Phi) is 3.69. The van der Waals surface area contributed by atoms with Crippen LogP contribution in [-0.4, -0.2) is 10.9 Å². The summed E-state index contributed by atoms with van der Waals surface area (Å²) in [4.78, 5) is 11.1. The molecule has 0 unspecified atom stereocenters. The molecule has 14 heavy (non-hydrogen) atoms. The molecule has 2 nitrogen and oxygen atoms in total. The predicted octanol–water partition coefficient (Wildman–Crippen LogP) is 2.94. The highest BCUT2D eigenvalue weighted by Crippen LogP contribution is 2.19. The molecular weight excluding hydrogens is 176 g/mol. The lowest BCUT2D eigenvalue weighted by Gasteiger charge is -2.04. The number of carbonyl (C=O) groups excluding carboxylic acids is 1. The van der Waals surface area contributed by atoms with E-state index in [2.05, 4.69) is 6.92 Å². The summed E-state index contributed by atoms with van der Waals surface area (Å²) in [5.41, 5.74) is 1.55. The minimum atomic E-state index is -0.0825. The van der Waals surface area contributed by atoms with Crippen LogP contribution in [0.4, 0.5) is 0 Å². The Hall–Kier alpha value is -1.31. The van der Waals surface area contributed by atoms with Crippen LogP contribution >= 0.6 is 0 Å². The molecule has 0 aliphatic heterocycles. The molecule has 0 bridgehead atoms. The lowest BCUT2D eigenvalue weighted by atomic mass is 10.0. The largest absolute Gasteiger partial charge is 0.507 e. The highest BCUT2D eigenvalue weighted by atomic mass is 16.3. The molecule has 0 radical (unpaired) electrons. The number of phenols is 1. The SMILES string of the molecule is CCCCc1ccc(O)c(C(C)=O)c1. The number of phenolic OH excluding ortho intramolecular Hbond substituents is 1. The molecule has 0 saturated heterocycles. The second-order valence-corrected chi connectivity index (χ2v) is 3.51. The Bertz CT molecular complexity index is 329. The van der Waals surface area contributed by atoms with Crippen LogP contribution in [0.1, 0.15) is 42.6 Å². The molecular formula is C12H16O2. The van der Waals surface area contributed by atoms with Gasteiger partial charge in [-0.15, -0.1) is 0 Å². The van der Waals surface area contributed by atoms with Crippen molar-refractivity contribution in [2.45, 2.75) is 33.1 Å². The summed E-state index contributed by atoms with van der Waals surface area (Å²) in [6, 6.07) is 5.26. The minimum absolute atomic E-state index is 0.0812. The van der Waals surface area contributed by atoms with Crippen LogP contribution in [0.3, 0.4) is 0 Å². The third-order valence-corrected chi connectivity index (χ3v) is 2.26. The lowest BCUT2D eigenvalue weighted by molar-refractivity contribution is 0.101. The molecule has 1 N–H and O–H groups in total. The monoisotopic (exact) mass is 192 g/mol. The zero-order chi connectivity index (χ0) is 10.6. The molecule has 0 aliphatic carbocycles. The summed E-state index contributed by atoms with van der Waals surface area (Å²) < 4.78 is 0. The van der Waals surface area contributed by atoms with Gasteiger partial charge in [-0.3, -0.25) is 4.79 Å². The lowest BCUT2D eigenvalue weighted by Crippen LogP contribution is -1.95. The highest BCUT2D eigenvalue weighted by molar-refractivity contribution is 5.96. The van der Waals surface area contributed by atoms with E-state index in [4.69, 9.17) is 0 Å². The third-order valence-electron chi connectivity index (χ3n) is 2.26. The summed E-state index contributed by atoms with van der Waals surface area (Å²) in [6.07, 6.45) is 3.22. The summed E-state index contributed by atoms with van der Waals surface area (Å²) in [7, 11) is 0. The van der Waals surface area contributed by atoms with Gasteiger partial charge in [-0.1, -0.05) is 19.4 Å². The van der Waals surface area contributed by atoms with E-state index in [0.29, 0.717) is 5.56 Å². The van der Waals surface area contributed by atoms with Gasteiger partial charge in [-0.2, -0.15) is 0 Å². The van der Waals surface area contributed by atoms with E-state index < -0.39 is 0 Å². The molecule has 0 amide bonds. The van der Waals surface area contributed by atoms with E-state index in [-0.39, 0.29) is 11.5 Å². The summed E-state index contributed by atoms with van der Waals surface area (Å²) in [5.74, 6) is -0.00130. The predicted molar refractivity (Wildman–Crippen MR) is 56.7 cm³/mol. The Morgan fingerprint density at radius 2 is 2.14 bits per heavy atom. The van der Waals surface area contributed by atoms with Gasteiger partial charge < -0.3 is 5.11 Å². The normalized spacial score (nSPS) is 10.1. The maximum absolute atomic E-state index is 11.1. The smallest absolute Gasteiger partial charge is 0.163 e. The van der Waals surface area contributed by atoms with Crippen molar-refractivity contribution in [1.82, 2.24) is 0 Å². The fourth-order valence-corrected chi connectivity index (χ4v) is 1.40. The standard InChI is InChI=1S/C12H16O2/c1-3-4-5-10-6-7-12(14)11(8-10)9(2)13/h6-8,14H,3-5H2,1-2H3. The molecule has 1 aromatic rings. The minimum Gasteiger partial charge on any atom is -0.507 e. The van der Waals surface area contributed by atoms with Gasteiger partial charge in [0.1, 0.15) is 5.75 Å². The number of rotatable bonds is 4. The number of hydrogen-bond acceptors (Lipinski definition) is 2. The van der Waals surface area contributed by atoms with Crippen LogP contribution in [0.25, 0.3) is 0 Å². The van der Waals surface area contributed by atoms with Crippen LogP contribution in [0.2, 0.25) is 0 Å². The highest BCUT2D eigenvalue weighted by Gasteiger charge is 2.06. The molecule has 0 heterocycles. The zero-order valence-corrected chi connectivity index (χ0v) is 8.71. The number of benzene rings is 1. The summed E-state index contributed by atoms with van der Waals surface area (Å²) in [6.45, 7) is 3.60. The molecule has 1 rings (SSSR count). The Morgan fingerprint density at radius 1 is 1.43 bits per heavy atom. The number of aromatic hydroxyl groups is 1. The Morgan fingerprint density at radius 3 is 2.71 bits per heavy atom.